The highest BCUT2D eigenvalue weighted by Crippen LogP contribution is 2.62. The third-order valence-electron chi connectivity index (χ3n) is 7.99. The Labute approximate surface area is 247 Å². The maximum absolute atomic E-state index is 14.9. The summed E-state index contributed by atoms with van der Waals surface area (Å²) in [5.41, 5.74) is -0.704. The lowest BCUT2D eigenvalue weighted by Crippen LogP contribution is -2.41. The van der Waals surface area contributed by atoms with Crippen LogP contribution in [0.15, 0.2) is 84.5 Å². The monoisotopic (exact) mass is 609 g/mol. The fourth-order valence-electron chi connectivity index (χ4n) is 5.98. The molecule has 0 spiro atoms. The van der Waals surface area contributed by atoms with Crippen molar-refractivity contribution in [3.8, 4) is 11.1 Å². The molecule has 226 valence electrons. The molecule has 2 aliphatic carbocycles. The minimum atomic E-state index is -3.49. The Kier molecular flexibility index (Phi) is 7.60. The first kappa shape index (κ1) is 29.3. The van der Waals surface area contributed by atoms with E-state index in [1.54, 1.807) is 24.5 Å². The molecule has 6 rings (SSSR count). The zero-order valence-electron chi connectivity index (χ0n) is 22.9. The van der Waals surface area contributed by atoms with Crippen LogP contribution < -0.4 is 10.6 Å². The van der Waals surface area contributed by atoms with Gasteiger partial charge in [-0.15, -0.1) is 0 Å². The number of amides is 1. The maximum atomic E-state index is 14.9. The van der Waals surface area contributed by atoms with Crippen molar-refractivity contribution in [3.05, 3.63) is 107 Å². The average Bonchev–Trinajstić information content (AvgIpc) is 3.75. The minimum Gasteiger partial charge on any atom is -0.374 e. The fourth-order valence-corrected chi connectivity index (χ4v) is 5.98. The minimum absolute atomic E-state index is 0.00738. The first-order chi connectivity index (χ1) is 21.0. The number of rotatable bonds is 10. The Morgan fingerprint density at radius 2 is 1.77 bits per heavy atom. The van der Waals surface area contributed by atoms with Gasteiger partial charge >= 0.3 is 0 Å². The lowest BCUT2D eigenvalue weighted by molar-refractivity contribution is -0.121. The number of carbonyl (C=O) groups is 1. The number of fused-ring (bicyclic) bond motifs is 2. The summed E-state index contributed by atoms with van der Waals surface area (Å²) in [7, 11) is 0. The molecule has 3 atom stereocenters. The number of halogens is 6. The predicted octanol–water partition coefficient (Wildman–Crippen LogP) is 6.39. The van der Waals surface area contributed by atoms with Crippen LogP contribution in [-0.4, -0.2) is 40.5 Å². The smallest absolute Gasteiger partial charge is 0.290 e. The molecular weight excluding hydrogens is 584 g/mol. The molecule has 2 aromatic heterocycles. The van der Waals surface area contributed by atoms with E-state index in [1.807, 2.05) is 24.3 Å². The molecule has 0 radical (unpaired) electrons. The summed E-state index contributed by atoms with van der Waals surface area (Å²) >= 11 is 0. The molecule has 4 aromatic rings. The van der Waals surface area contributed by atoms with Crippen molar-refractivity contribution in [1.29, 1.82) is 5.41 Å². The van der Waals surface area contributed by atoms with Gasteiger partial charge in [-0.1, -0.05) is 30.3 Å². The van der Waals surface area contributed by atoms with Gasteiger partial charge in [0.05, 0.1) is 24.0 Å². The zero-order chi connectivity index (χ0) is 31.2. The van der Waals surface area contributed by atoms with E-state index in [0.29, 0.717) is 22.9 Å². The van der Waals surface area contributed by atoms with E-state index in [2.05, 4.69) is 20.6 Å². The molecule has 12 heteroatoms. The van der Waals surface area contributed by atoms with Gasteiger partial charge in [0.15, 0.2) is 0 Å². The molecule has 2 aromatic carbocycles. The summed E-state index contributed by atoms with van der Waals surface area (Å²) in [4.78, 5) is 22.1. The van der Waals surface area contributed by atoms with Crippen molar-refractivity contribution >= 4 is 22.4 Å². The van der Waals surface area contributed by atoms with E-state index < -0.39 is 71.3 Å². The first-order valence-corrected chi connectivity index (χ1v) is 13.8. The standard InChI is InChI=1S/C32H25F6N5O/c33-18-8-16(9-19(34)11-18)10-25(29-21(6-3-7-41-29)23-14-40-13-17-4-1-2-5-20(17)23)43-26(44)15-42-30-27(28(39)31(35)36)22-12-24(22)32(30,37)38/h1-9,11,13-14,22,24-25,31,39,42H,10,12,15H2,(H,43,44)/t22?,24?,25-/m0/s1. The third-order valence-corrected chi connectivity index (χ3v) is 7.99. The van der Waals surface area contributed by atoms with Gasteiger partial charge in [-0.2, -0.15) is 8.78 Å². The number of allylic oxidation sites excluding steroid dienone is 2. The van der Waals surface area contributed by atoms with Gasteiger partial charge in [0.2, 0.25) is 5.91 Å². The van der Waals surface area contributed by atoms with Crippen LogP contribution in [0.3, 0.4) is 0 Å². The summed E-state index contributed by atoms with van der Waals surface area (Å²) in [6, 6.07) is 12.8. The van der Waals surface area contributed by atoms with Gasteiger partial charge in [0, 0.05) is 52.7 Å². The van der Waals surface area contributed by atoms with Crippen molar-refractivity contribution in [3.63, 3.8) is 0 Å². The number of benzene rings is 2. The van der Waals surface area contributed by atoms with Gasteiger partial charge in [0.1, 0.15) is 17.3 Å². The summed E-state index contributed by atoms with van der Waals surface area (Å²) in [6.45, 7) is -0.726. The van der Waals surface area contributed by atoms with E-state index in [4.69, 9.17) is 5.41 Å². The Balaban J connectivity index is 1.33. The number of aromatic nitrogens is 2. The number of pyridine rings is 2. The Morgan fingerprint density at radius 3 is 2.52 bits per heavy atom. The van der Waals surface area contributed by atoms with Gasteiger partial charge in [0.25, 0.3) is 12.3 Å². The summed E-state index contributed by atoms with van der Waals surface area (Å²) < 4.78 is 84.8. The molecule has 2 heterocycles. The second-order valence-corrected chi connectivity index (χ2v) is 10.9. The number of hydrogen-bond acceptors (Lipinski definition) is 5. The van der Waals surface area contributed by atoms with E-state index >= 15 is 0 Å². The molecule has 0 saturated heterocycles. The van der Waals surface area contributed by atoms with Gasteiger partial charge in [-0.3, -0.25) is 20.2 Å². The first-order valence-electron chi connectivity index (χ1n) is 13.8. The Hall–Kier alpha value is -4.74. The van der Waals surface area contributed by atoms with Crippen molar-refractivity contribution < 1.29 is 31.1 Å². The lowest BCUT2D eigenvalue weighted by atomic mass is 9.94. The number of alkyl halides is 4. The van der Waals surface area contributed by atoms with E-state index in [-0.39, 0.29) is 18.4 Å². The highest BCUT2D eigenvalue weighted by molar-refractivity contribution is 6.03. The van der Waals surface area contributed by atoms with E-state index in [0.717, 1.165) is 22.9 Å². The average molecular weight is 610 g/mol. The molecule has 0 bridgehead atoms. The number of hydrogen-bond donors (Lipinski definition) is 3. The van der Waals surface area contributed by atoms with Gasteiger partial charge < -0.3 is 10.6 Å². The van der Waals surface area contributed by atoms with Crippen LogP contribution in [0.25, 0.3) is 21.9 Å². The highest BCUT2D eigenvalue weighted by Gasteiger charge is 2.66. The topological polar surface area (TPSA) is 90.8 Å². The number of nitrogens with zero attached hydrogens (tertiary/aromatic N) is 2. The molecule has 2 unspecified atom stereocenters. The predicted molar refractivity (Wildman–Crippen MR) is 151 cm³/mol. The van der Waals surface area contributed by atoms with Crippen LogP contribution in [0.1, 0.15) is 23.7 Å². The summed E-state index contributed by atoms with van der Waals surface area (Å²) in [6.07, 6.45) is 1.44. The molecule has 1 saturated carbocycles. The Morgan fingerprint density at radius 1 is 1.02 bits per heavy atom. The molecule has 1 fully saturated rings. The summed E-state index contributed by atoms with van der Waals surface area (Å²) in [5.74, 6) is -7.99. The molecule has 1 amide bonds. The van der Waals surface area contributed by atoms with Crippen LogP contribution in [0.5, 0.6) is 0 Å². The van der Waals surface area contributed by atoms with Gasteiger partial charge in [-0.05, 0) is 47.9 Å². The second-order valence-electron chi connectivity index (χ2n) is 10.9. The van der Waals surface area contributed by atoms with E-state index in [1.165, 1.54) is 6.20 Å². The zero-order valence-corrected chi connectivity index (χ0v) is 22.9. The van der Waals surface area contributed by atoms with Crippen LogP contribution >= 0.6 is 0 Å². The molecule has 0 aliphatic heterocycles. The van der Waals surface area contributed by atoms with Crippen molar-refractivity contribution in [2.45, 2.75) is 31.2 Å². The largest absolute Gasteiger partial charge is 0.374 e. The van der Waals surface area contributed by atoms with Crippen molar-refractivity contribution in [1.82, 2.24) is 20.6 Å². The molecule has 44 heavy (non-hydrogen) atoms. The van der Waals surface area contributed by atoms with Crippen molar-refractivity contribution in [2.75, 3.05) is 6.54 Å². The second kappa shape index (κ2) is 11.4. The third kappa shape index (κ3) is 5.51. The normalized spacial score (nSPS) is 19.2. The SMILES string of the molecule is N=C(C1=C(NCC(=O)N[C@@H](Cc2cc(F)cc(F)c2)c2ncccc2-c2cncc3ccccc23)C(F)(F)C2CC12)C(F)F. The quantitative estimate of drug-likeness (QED) is 0.144. The fraction of sp³-hybridized carbons (Fsp3) is 0.250. The van der Waals surface area contributed by atoms with Crippen LogP contribution in [0.2, 0.25) is 0 Å². The molecule has 2 aliphatic rings. The van der Waals surface area contributed by atoms with E-state index in [9.17, 15) is 31.1 Å². The number of carbonyl (C=O) groups excluding carboxylic acids is 1. The van der Waals surface area contributed by atoms with Crippen LogP contribution in [-0.2, 0) is 11.2 Å². The molecule has 3 N–H and O–H groups in total. The van der Waals surface area contributed by atoms with Crippen LogP contribution in [0, 0.1) is 28.9 Å². The Bertz CT molecular complexity index is 1780. The van der Waals surface area contributed by atoms with Crippen molar-refractivity contribution in [2.24, 2.45) is 11.8 Å². The highest BCUT2D eigenvalue weighted by atomic mass is 19.3. The molecular formula is C32H25F6N5O. The maximum Gasteiger partial charge on any atom is 0.290 e. The van der Waals surface area contributed by atoms with Gasteiger partial charge in [-0.25, -0.2) is 17.6 Å². The van der Waals surface area contributed by atoms with Crippen LogP contribution in [0.4, 0.5) is 26.3 Å². The number of nitrogens with one attached hydrogen (secondary N) is 3. The molecule has 6 nitrogen and oxygen atoms in total. The lowest BCUT2D eigenvalue weighted by Gasteiger charge is -2.24. The summed E-state index contributed by atoms with van der Waals surface area (Å²) in [5, 5.41) is 14.4.